The number of piperazine rings is 1. The van der Waals surface area contributed by atoms with Gasteiger partial charge in [0.25, 0.3) is 0 Å². The number of benzene rings is 1. The zero-order chi connectivity index (χ0) is 20.1. The van der Waals surface area contributed by atoms with E-state index in [4.69, 9.17) is 4.74 Å². The zero-order valence-corrected chi connectivity index (χ0v) is 17.1. The number of carbonyl (C=O) groups is 1. The molecule has 6 nitrogen and oxygen atoms in total. The molecule has 1 aromatic heterocycles. The summed E-state index contributed by atoms with van der Waals surface area (Å²) in [6.07, 6.45) is 5.06. The first-order valence-electron chi connectivity index (χ1n) is 10.5. The summed E-state index contributed by atoms with van der Waals surface area (Å²) in [6, 6.07) is 14.5. The number of ether oxygens (including phenoxy) is 1. The fourth-order valence-corrected chi connectivity index (χ4v) is 4.44. The molecule has 154 valence electrons. The Bertz CT molecular complexity index is 814. The molecular weight excluding hydrogens is 364 g/mol. The first kappa shape index (κ1) is 19.9. The number of nitrogens with zero attached hydrogens (tertiary/aromatic N) is 3. The van der Waals surface area contributed by atoms with Crippen molar-refractivity contribution in [1.82, 2.24) is 20.1 Å². The third-order valence-corrected chi connectivity index (χ3v) is 5.99. The SMILES string of the molecule is CN(C[C@H]1CNCCN1C(=O)OCc1ccccc1)[C@H]1CCCc2cccnc21. The van der Waals surface area contributed by atoms with Gasteiger partial charge >= 0.3 is 6.09 Å². The summed E-state index contributed by atoms with van der Waals surface area (Å²) in [7, 11) is 2.15. The molecule has 6 heteroatoms. The first-order valence-corrected chi connectivity index (χ1v) is 10.5. The van der Waals surface area contributed by atoms with E-state index in [0.29, 0.717) is 19.2 Å². The van der Waals surface area contributed by atoms with Crippen LogP contribution >= 0.6 is 0 Å². The summed E-state index contributed by atoms with van der Waals surface area (Å²) in [5, 5.41) is 3.43. The molecule has 1 fully saturated rings. The van der Waals surface area contributed by atoms with Gasteiger partial charge in [-0.25, -0.2) is 4.79 Å². The van der Waals surface area contributed by atoms with Gasteiger partial charge in [-0.3, -0.25) is 9.88 Å². The van der Waals surface area contributed by atoms with E-state index >= 15 is 0 Å². The molecule has 29 heavy (non-hydrogen) atoms. The average Bonchev–Trinajstić information content (AvgIpc) is 2.78. The molecule has 1 amide bonds. The minimum Gasteiger partial charge on any atom is -0.445 e. The van der Waals surface area contributed by atoms with Crippen molar-refractivity contribution in [1.29, 1.82) is 0 Å². The van der Waals surface area contributed by atoms with Crippen molar-refractivity contribution in [2.45, 2.75) is 38.0 Å². The highest BCUT2D eigenvalue weighted by Crippen LogP contribution is 2.32. The summed E-state index contributed by atoms with van der Waals surface area (Å²) in [5.74, 6) is 0. The molecule has 0 saturated carbocycles. The standard InChI is InChI=1S/C23H30N4O2/c1-26(21-11-5-9-19-10-6-12-25-22(19)21)16-20-15-24-13-14-27(20)23(28)29-17-18-7-3-2-4-8-18/h2-4,6-8,10,12,20-21,24H,5,9,11,13-17H2,1H3/t20-,21+/m1/s1. The highest BCUT2D eigenvalue weighted by Gasteiger charge is 2.32. The molecule has 0 spiro atoms. The van der Waals surface area contributed by atoms with Gasteiger partial charge in [0.2, 0.25) is 0 Å². The van der Waals surface area contributed by atoms with Crippen molar-refractivity contribution < 1.29 is 9.53 Å². The lowest BCUT2D eigenvalue weighted by Crippen LogP contribution is -2.57. The lowest BCUT2D eigenvalue weighted by Gasteiger charge is -2.40. The summed E-state index contributed by atoms with van der Waals surface area (Å²) in [4.78, 5) is 21.7. The van der Waals surface area contributed by atoms with E-state index in [-0.39, 0.29) is 12.1 Å². The van der Waals surface area contributed by atoms with Gasteiger partial charge in [0.15, 0.2) is 0 Å². The second-order valence-electron chi connectivity index (χ2n) is 7.99. The normalized spacial score (nSPS) is 21.7. The molecule has 1 saturated heterocycles. The van der Waals surface area contributed by atoms with Gasteiger partial charge in [-0.05, 0) is 43.5 Å². The van der Waals surface area contributed by atoms with Crippen LogP contribution in [0.4, 0.5) is 4.79 Å². The Morgan fingerprint density at radius 1 is 1.28 bits per heavy atom. The van der Waals surface area contributed by atoms with E-state index in [9.17, 15) is 4.79 Å². The van der Waals surface area contributed by atoms with E-state index in [0.717, 1.165) is 38.0 Å². The monoisotopic (exact) mass is 394 g/mol. The third-order valence-electron chi connectivity index (χ3n) is 5.99. The molecule has 2 heterocycles. The summed E-state index contributed by atoms with van der Waals surface area (Å²) in [5.41, 5.74) is 3.56. The van der Waals surface area contributed by atoms with E-state index in [1.807, 2.05) is 47.5 Å². The Balaban J connectivity index is 1.39. The lowest BCUT2D eigenvalue weighted by molar-refractivity contribution is 0.0575. The third kappa shape index (κ3) is 4.77. The highest BCUT2D eigenvalue weighted by atomic mass is 16.6. The minimum absolute atomic E-state index is 0.0890. The number of carbonyl (C=O) groups excluding carboxylic acids is 1. The highest BCUT2D eigenvalue weighted by molar-refractivity contribution is 5.68. The van der Waals surface area contributed by atoms with Crippen molar-refractivity contribution in [3.05, 3.63) is 65.5 Å². The molecule has 4 rings (SSSR count). The van der Waals surface area contributed by atoms with Gasteiger partial charge in [0, 0.05) is 32.4 Å². The predicted molar refractivity (Wildman–Crippen MR) is 113 cm³/mol. The van der Waals surface area contributed by atoms with Crippen molar-refractivity contribution in [2.75, 3.05) is 33.2 Å². The number of aryl methyl sites for hydroxylation is 1. The quantitative estimate of drug-likeness (QED) is 0.845. The maximum absolute atomic E-state index is 12.8. The topological polar surface area (TPSA) is 57.7 Å². The van der Waals surface area contributed by atoms with Crippen LogP contribution in [0.3, 0.4) is 0 Å². The largest absolute Gasteiger partial charge is 0.445 e. The number of likely N-dealkylation sites (N-methyl/N-ethyl adjacent to an activating group) is 1. The molecule has 2 atom stereocenters. The fourth-order valence-electron chi connectivity index (χ4n) is 4.44. The average molecular weight is 395 g/mol. The summed E-state index contributed by atoms with van der Waals surface area (Å²) >= 11 is 0. The number of aromatic nitrogens is 1. The summed E-state index contributed by atoms with van der Waals surface area (Å²) in [6.45, 7) is 3.37. The van der Waals surface area contributed by atoms with E-state index in [1.165, 1.54) is 17.7 Å². The van der Waals surface area contributed by atoms with Crippen LogP contribution < -0.4 is 5.32 Å². The number of rotatable bonds is 5. The molecule has 1 aromatic carbocycles. The van der Waals surface area contributed by atoms with Gasteiger partial charge < -0.3 is 15.0 Å². The number of amides is 1. The Hall–Kier alpha value is -2.44. The van der Waals surface area contributed by atoms with Gasteiger partial charge in [-0.1, -0.05) is 36.4 Å². The molecule has 2 aliphatic rings. The molecule has 1 aliphatic heterocycles. The molecule has 2 aromatic rings. The van der Waals surface area contributed by atoms with E-state index < -0.39 is 0 Å². The fraction of sp³-hybridized carbons (Fsp3) is 0.478. The van der Waals surface area contributed by atoms with Gasteiger partial charge in [-0.2, -0.15) is 0 Å². The van der Waals surface area contributed by atoms with Crippen LogP contribution in [0.2, 0.25) is 0 Å². The second kappa shape index (κ2) is 9.37. The van der Waals surface area contributed by atoms with Crippen LogP contribution in [0.15, 0.2) is 48.7 Å². The molecule has 1 aliphatic carbocycles. The summed E-state index contributed by atoms with van der Waals surface area (Å²) < 4.78 is 5.61. The maximum Gasteiger partial charge on any atom is 0.410 e. The van der Waals surface area contributed by atoms with Crippen LogP contribution in [0.25, 0.3) is 0 Å². The van der Waals surface area contributed by atoms with E-state index in [1.54, 1.807) is 0 Å². The van der Waals surface area contributed by atoms with Crippen molar-refractivity contribution in [3.8, 4) is 0 Å². The lowest BCUT2D eigenvalue weighted by atomic mass is 9.91. The van der Waals surface area contributed by atoms with Gasteiger partial charge in [-0.15, -0.1) is 0 Å². The predicted octanol–water partition coefficient (Wildman–Crippen LogP) is 3.00. The van der Waals surface area contributed by atoms with Crippen molar-refractivity contribution in [2.24, 2.45) is 0 Å². The number of fused-ring (bicyclic) bond motifs is 1. The van der Waals surface area contributed by atoms with Crippen LogP contribution in [0, 0.1) is 0 Å². The number of pyridine rings is 1. The second-order valence-corrected chi connectivity index (χ2v) is 7.99. The van der Waals surface area contributed by atoms with E-state index in [2.05, 4.69) is 28.3 Å². The number of nitrogens with one attached hydrogen (secondary N) is 1. The minimum atomic E-state index is -0.226. The molecule has 0 bridgehead atoms. The first-order chi connectivity index (χ1) is 14.2. The van der Waals surface area contributed by atoms with Crippen LogP contribution in [-0.2, 0) is 17.8 Å². The molecule has 0 radical (unpaired) electrons. The van der Waals surface area contributed by atoms with Crippen LogP contribution in [0.5, 0.6) is 0 Å². The molecule has 1 N–H and O–H groups in total. The Kier molecular flexibility index (Phi) is 6.42. The van der Waals surface area contributed by atoms with Crippen LogP contribution in [0.1, 0.15) is 35.7 Å². The van der Waals surface area contributed by atoms with Gasteiger partial charge in [0.05, 0.1) is 17.8 Å². The number of hydrogen-bond donors (Lipinski definition) is 1. The Morgan fingerprint density at radius 2 is 2.14 bits per heavy atom. The van der Waals surface area contributed by atoms with Crippen LogP contribution in [-0.4, -0.2) is 60.1 Å². The molecular formula is C23H30N4O2. The van der Waals surface area contributed by atoms with Crippen molar-refractivity contribution in [3.63, 3.8) is 0 Å². The van der Waals surface area contributed by atoms with Crippen molar-refractivity contribution >= 4 is 6.09 Å². The maximum atomic E-state index is 12.8. The van der Waals surface area contributed by atoms with Gasteiger partial charge in [0.1, 0.15) is 6.61 Å². The smallest absolute Gasteiger partial charge is 0.410 e. The zero-order valence-electron chi connectivity index (χ0n) is 17.1. The molecule has 0 unspecified atom stereocenters. The number of hydrogen-bond acceptors (Lipinski definition) is 5. The Labute approximate surface area is 172 Å². The Morgan fingerprint density at radius 3 is 3.00 bits per heavy atom.